The molecule has 1 aliphatic rings. The van der Waals surface area contributed by atoms with E-state index in [9.17, 15) is 4.79 Å². The van der Waals surface area contributed by atoms with Crippen LogP contribution in [-0.2, 0) is 6.54 Å². The quantitative estimate of drug-likeness (QED) is 0.737. The van der Waals surface area contributed by atoms with E-state index in [0.29, 0.717) is 0 Å². The van der Waals surface area contributed by atoms with Gasteiger partial charge in [-0.25, -0.2) is 0 Å². The molecule has 2 aromatic heterocycles. The van der Waals surface area contributed by atoms with Gasteiger partial charge in [0.2, 0.25) is 0 Å². The number of hydrogen-bond donors (Lipinski definition) is 1. The first-order valence-electron chi connectivity index (χ1n) is 9.49. The number of amides is 1. The average Bonchev–Trinajstić information content (AvgIpc) is 3.26. The number of quaternary nitrogens is 1. The Bertz CT molecular complexity index is 875. The van der Waals surface area contributed by atoms with Crippen molar-refractivity contribution in [1.82, 2.24) is 9.47 Å². The number of aromatic nitrogens is 1. The molecule has 0 unspecified atom stereocenters. The highest BCUT2D eigenvalue weighted by Crippen LogP contribution is 2.27. The number of fused-ring (bicyclic) bond motifs is 1. The van der Waals surface area contributed by atoms with E-state index in [1.165, 1.54) is 23.2 Å². The molecule has 0 spiro atoms. The van der Waals surface area contributed by atoms with Crippen molar-refractivity contribution >= 4 is 27.5 Å². The van der Waals surface area contributed by atoms with Gasteiger partial charge in [0.25, 0.3) is 5.91 Å². The van der Waals surface area contributed by atoms with Gasteiger partial charge in [0, 0.05) is 6.54 Å². The van der Waals surface area contributed by atoms with Crippen LogP contribution in [0.1, 0.15) is 29.4 Å². The Morgan fingerprint density at radius 2 is 1.92 bits per heavy atom. The molecule has 0 radical (unpaired) electrons. The summed E-state index contributed by atoms with van der Waals surface area (Å²) in [5.74, 6) is 0.180. The molecule has 1 aromatic carbocycles. The van der Waals surface area contributed by atoms with Crippen LogP contribution in [0.2, 0.25) is 0 Å². The smallest absolute Gasteiger partial charge is 0.270 e. The summed E-state index contributed by atoms with van der Waals surface area (Å²) in [4.78, 5) is 16.9. The molecular formula is C21H26N3OS+. The zero-order valence-corrected chi connectivity index (χ0v) is 16.1. The zero-order chi connectivity index (χ0) is 17.9. The van der Waals surface area contributed by atoms with Gasteiger partial charge in [-0.2, -0.15) is 0 Å². The molecule has 1 amide bonds. The molecule has 1 fully saturated rings. The van der Waals surface area contributed by atoms with Gasteiger partial charge in [-0.05, 0) is 29.5 Å². The van der Waals surface area contributed by atoms with Crippen molar-refractivity contribution in [2.75, 3.05) is 32.7 Å². The van der Waals surface area contributed by atoms with Gasteiger partial charge in [-0.1, -0.05) is 37.3 Å². The number of rotatable bonds is 5. The van der Waals surface area contributed by atoms with Gasteiger partial charge in [0.15, 0.2) is 0 Å². The fourth-order valence-electron chi connectivity index (χ4n) is 3.88. The van der Waals surface area contributed by atoms with Crippen LogP contribution in [0.25, 0.3) is 10.2 Å². The van der Waals surface area contributed by atoms with Crippen LogP contribution in [-0.4, -0.2) is 48.1 Å². The predicted octanol–water partition coefficient (Wildman–Crippen LogP) is 2.50. The van der Waals surface area contributed by atoms with E-state index in [0.717, 1.165) is 43.9 Å². The fourth-order valence-corrected chi connectivity index (χ4v) is 4.70. The number of piperazine rings is 1. The Kier molecular flexibility index (Phi) is 5.09. The third kappa shape index (κ3) is 3.41. The summed E-state index contributed by atoms with van der Waals surface area (Å²) in [5, 5.41) is 2.10. The summed E-state index contributed by atoms with van der Waals surface area (Å²) in [6, 6.07) is 14.6. The van der Waals surface area contributed by atoms with Gasteiger partial charge < -0.3 is 14.4 Å². The zero-order valence-electron chi connectivity index (χ0n) is 15.3. The van der Waals surface area contributed by atoms with Crippen molar-refractivity contribution in [2.24, 2.45) is 0 Å². The Labute approximate surface area is 158 Å². The highest BCUT2D eigenvalue weighted by molar-refractivity contribution is 7.17. The molecule has 0 atom stereocenters. The maximum absolute atomic E-state index is 13.2. The summed E-state index contributed by atoms with van der Waals surface area (Å²) in [7, 11) is 0. The van der Waals surface area contributed by atoms with E-state index < -0.39 is 0 Å². The van der Waals surface area contributed by atoms with Gasteiger partial charge in [0.1, 0.15) is 5.69 Å². The second-order valence-electron chi connectivity index (χ2n) is 7.06. The maximum Gasteiger partial charge on any atom is 0.270 e. The number of benzene rings is 1. The lowest BCUT2D eigenvalue weighted by Crippen LogP contribution is -3.14. The second-order valence-corrected chi connectivity index (χ2v) is 8.01. The van der Waals surface area contributed by atoms with Gasteiger partial charge in [-0.15, -0.1) is 11.3 Å². The van der Waals surface area contributed by atoms with Crippen LogP contribution in [0.4, 0.5) is 0 Å². The molecule has 1 aliphatic heterocycles. The minimum atomic E-state index is 0.180. The first-order chi connectivity index (χ1) is 12.8. The molecule has 4 rings (SSSR count). The molecule has 4 nitrogen and oxygen atoms in total. The Hall–Kier alpha value is -2.11. The topological polar surface area (TPSA) is 29.7 Å². The lowest BCUT2D eigenvalue weighted by atomic mass is 10.2. The molecule has 5 heteroatoms. The molecule has 0 aliphatic carbocycles. The largest absolute Gasteiger partial charge is 0.332 e. The molecule has 0 bridgehead atoms. The van der Waals surface area contributed by atoms with E-state index >= 15 is 0 Å². The van der Waals surface area contributed by atoms with E-state index in [-0.39, 0.29) is 5.91 Å². The predicted molar refractivity (Wildman–Crippen MR) is 107 cm³/mol. The van der Waals surface area contributed by atoms with Crippen molar-refractivity contribution in [3.8, 4) is 0 Å². The normalized spacial score (nSPS) is 15.7. The summed E-state index contributed by atoms with van der Waals surface area (Å²) in [6.45, 7) is 8.02. The minimum Gasteiger partial charge on any atom is -0.332 e. The molecule has 26 heavy (non-hydrogen) atoms. The SMILES string of the molecule is CCC[NH+]1CCN(C(=O)c2cc3sccc3n2Cc2ccccc2)CC1. The van der Waals surface area contributed by atoms with Crippen molar-refractivity contribution in [1.29, 1.82) is 0 Å². The monoisotopic (exact) mass is 368 g/mol. The van der Waals surface area contributed by atoms with Gasteiger partial charge in [0.05, 0.1) is 42.9 Å². The van der Waals surface area contributed by atoms with Crippen LogP contribution in [0.3, 0.4) is 0 Å². The van der Waals surface area contributed by atoms with Crippen LogP contribution >= 0.6 is 11.3 Å². The minimum absolute atomic E-state index is 0.180. The van der Waals surface area contributed by atoms with Crippen molar-refractivity contribution in [3.63, 3.8) is 0 Å². The Morgan fingerprint density at radius 3 is 2.65 bits per heavy atom. The molecule has 3 aromatic rings. The van der Waals surface area contributed by atoms with E-state index in [1.807, 2.05) is 11.0 Å². The number of hydrogen-bond acceptors (Lipinski definition) is 2. The van der Waals surface area contributed by atoms with Crippen molar-refractivity contribution < 1.29 is 9.69 Å². The molecule has 1 saturated heterocycles. The first-order valence-corrected chi connectivity index (χ1v) is 10.4. The summed E-state index contributed by atoms with van der Waals surface area (Å²) in [5.41, 5.74) is 3.22. The number of nitrogens with one attached hydrogen (secondary N) is 1. The number of nitrogens with zero attached hydrogens (tertiary/aromatic N) is 2. The van der Waals surface area contributed by atoms with Crippen molar-refractivity contribution in [3.05, 3.63) is 59.1 Å². The molecule has 1 N–H and O–H groups in total. The number of carbonyl (C=O) groups is 1. The number of carbonyl (C=O) groups excluding carboxylic acids is 1. The molecule has 0 saturated carbocycles. The van der Waals surface area contributed by atoms with E-state index in [4.69, 9.17) is 0 Å². The highest BCUT2D eigenvalue weighted by Gasteiger charge is 2.27. The average molecular weight is 369 g/mol. The first kappa shape index (κ1) is 17.3. The van der Waals surface area contributed by atoms with E-state index in [1.54, 1.807) is 16.2 Å². The second kappa shape index (κ2) is 7.64. The van der Waals surface area contributed by atoms with Crippen LogP contribution in [0, 0.1) is 0 Å². The number of thiophene rings is 1. The highest BCUT2D eigenvalue weighted by atomic mass is 32.1. The van der Waals surface area contributed by atoms with Gasteiger partial charge >= 0.3 is 0 Å². The molecule has 3 heterocycles. The fraction of sp³-hybridized carbons (Fsp3) is 0.381. The van der Waals surface area contributed by atoms with E-state index in [2.05, 4.69) is 53.3 Å². The standard InChI is InChI=1S/C21H25N3OS/c1-2-9-22-10-12-23(13-11-22)21(25)19-15-20-18(8-14-26-20)24(19)16-17-6-4-3-5-7-17/h3-8,14-15H,2,9-13,16H2,1H3/p+1. The van der Waals surface area contributed by atoms with Crippen LogP contribution < -0.4 is 4.90 Å². The van der Waals surface area contributed by atoms with Crippen LogP contribution in [0.5, 0.6) is 0 Å². The Morgan fingerprint density at radius 1 is 1.15 bits per heavy atom. The summed E-state index contributed by atoms with van der Waals surface area (Å²) < 4.78 is 3.38. The lowest BCUT2D eigenvalue weighted by Gasteiger charge is -2.32. The maximum atomic E-state index is 13.2. The summed E-state index contributed by atoms with van der Waals surface area (Å²) in [6.07, 6.45) is 1.21. The van der Waals surface area contributed by atoms with Crippen molar-refractivity contribution in [2.45, 2.75) is 19.9 Å². The third-order valence-corrected chi connectivity index (χ3v) is 6.14. The van der Waals surface area contributed by atoms with Crippen LogP contribution in [0.15, 0.2) is 47.8 Å². The van der Waals surface area contributed by atoms with Gasteiger partial charge in [-0.3, -0.25) is 4.79 Å². The Balaban J connectivity index is 1.59. The summed E-state index contributed by atoms with van der Waals surface area (Å²) >= 11 is 1.71. The molecular weight excluding hydrogens is 342 g/mol. The third-order valence-electron chi connectivity index (χ3n) is 5.29. The lowest BCUT2D eigenvalue weighted by molar-refractivity contribution is -0.904. The molecule has 136 valence electrons.